The summed E-state index contributed by atoms with van der Waals surface area (Å²) in [7, 11) is 0. The van der Waals surface area contributed by atoms with Crippen LogP contribution in [0.4, 0.5) is 0 Å². The number of aromatic amines is 1. The highest BCUT2D eigenvalue weighted by atomic mass is 15.0. The van der Waals surface area contributed by atoms with Crippen LogP contribution in [0.3, 0.4) is 0 Å². The number of fused-ring (bicyclic) bond motifs is 2. The monoisotopic (exact) mass is 330 g/mol. The molecule has 1 aliphatic rings. The molecule has 4 heteroatoms. The molecule has 0 saturated carbocycles. The minimum Gasteiger partial charge on any atom is -0.361 e. The lowest BCUT2D eigenvalue weighted by atomic mass is 9.90. The summed E-state index contributed by atoms with van der Waals surface area (Å²) in [5.41, 5.74) is 7.30. The summed E-state index contributed by atoms with van der Waals surface area (Å²) >= 11 is 0. The van der Waals surface area contributed by atoms with Crippen molar-refractivity contribution in [2.45, 2.75) is 25.7 Å². The summed E-state index contributed by atoms with van der Waals surface area (Å²) in [6.07, 6.45) is 6.57. The maximum Gasteiger partial charge on any atom is 0.100 e. The SMILES string of the molecule is Cc1ccc2c(c1)ncn2-c1ccc2[nH]cc(C3CCNCC3)c2c1. The molecule has 2 N–H and O–H groups in total. The average molecular weight is 330 g/mol. The van der Waals surface area contributed by atoms with E-state index >= 15 is 0 Å². The van der Waals surface area contributed by atoms with Gasteiger partial charge in [0.15, 0.2) is 0 Å². The quantitative estimate of drug-likeness (QED) is 0.576. The Bertz CT molecular complexity index is 1050. The number of aromatic nitrogens is 3. The molecule has 1 fully saturated rings. The zero-order valence-electron chi connectivity index (χ0n) is 14.4. The van der Waals surface area contributed by atoms with Crippen LogP contribution in [-0.2, 0) is 0 Å². The Morgan fingerprint density at radius 3 is 2.84 bits per heavy atom. The van der Waals surface area contributed by atoms with Crippen molar-refractivity contribution in [3.63, 3.8) is 0 Å². The first-order valence-corrected chi connectivity index (χ1v) is 9.05. The van der Waals surface area contributed by atoms with Crippen molar-refractivity contribution in [1.29, 1.82) is 0 Å². The first-order chi connectivity index (χ1) is 12.3. The molecule has 2 aromatic heterocycles. The largest absolute Gasteiger partial charge is 0.361 e. The first kappa shape index (κ1) is 14.7. The Balaban J connectivity index is 1.63. The van der Waals surface area contributed by atoms with E-state index in [1.165, 1.54) is 40.6 Å². The Morgan fingerprint density at radius 1 is 1.08 bits per heavy atom. The lowest BCUT2D eigenvalue weighted by Crippen LogP contribution is -2.26. The number of piperidine rings is 1. The highest BCUT2D eigenvalue weighted by Gasteiger charge is 2.19. The molecule has 0 unspecified atom stereocenters. The lowest BCUT2D eigenvalue weighted by Gasteiger charge is -2.22. The predicted molar refractivity (Wildman–Crippen MR) is 103 cm³/mol. The smallest absolute Gasteiger partial charge is 0.100 e. The third-order valence-corrected chi connectivity index (χ3v) is 5.46. The van der Waals surface area contributed by atoms with Gasteiger partial charge in [0, 0.05) is 22.8 Å². The van der Waals surface area contributed by atoms with E-state index in [4.69, 9.17) is 0 Å². The molecule has 2 aromatic carbocycles. The number of benzene rings is 2. The standard InChI is InChI=1S/C21H22N4/c1-14-2-5-21-20(10-14)24-13-25(21)16-3-4-19-17(11-16)18(12-23-19)15-6-8-22-9-7-15/h2-5,10-13,15,22-23H,6-9H2,1H3. The molecule has 1 aliphatic heterocycles. The molecule has 25 heavy (non-hydrogen) atoms. The zero-order valence-corrected chi connectivity index (χ0v) is 14.4. The van der Waals surface area contributed by atoms with Gasteiger partial charge in [0.1, 0.15) is 6.33 Å². The summed E-state index contributed by atoms with van der Waals surface area (Å²) in [5, 5.41) is 4.81. The fourth-order valence-electron chi connectivity index (χ4n) is 4.08. The van der Waals surface area contributed by atoms with Gasteiger partial charge < -0.3 is 10.3 Å². The van der Waals surface area contributed by atoms with E-state index in [0.29, 0.717) is 5.92 Å². The fourth-order valence-corrected chi connectivity index (χ4v) is 4.08. The van der Waals surface area contributed by atoms with E-state index in [1.807, 2.05) is 6.33 Å². The van der Waals surface area contributed by atoms with Crippen LogP contribution in [0.25, 0.3) is 27.6 Å². The van der Waals surface area contributed by atoms with E-state index in [0.717, 1.165) is 24.1 Å². The second kappa shape index (κ2) is 5.74. The van der Waals surface area contributed by atoms with E-state index in [1.54, 1.807) is 0 Å². The molecule has 0 spiro atoms. The van der Waals surface area contributed by atoms with Crippen LogP contribution in [0.5, 0.6) is 0 Å². The summed E-state index contributed by atoms with van der Waals surface area (Å²) in [4.78, 5) is 8.04. The number of H-pyrrole nitrogens is 1. The summed E-state index contributed by atoms with van der Waals surface area (Å²) in [6, 6.07) is 13.1. The third kappa shape index (κ3) is 2.45. The Kier molecular flexibility index (Phi) is 3.38. The highest BCUT2D eigenvalue weighted by molar-refractivity contribution is 5.87. The molecule has 0 bridgehead atoms. The van der Waals surface area contributed by atoms with Crippen LogP contribution in [0, 0.1) is 6.92 Å². The topological polar surface area (TPSA) is 45.6 Å². The number of nitrogens with zero attached hydrogens (tertiary/aromatic N) is 2. The van der Waals surface area contributed by atoms with Crippen LogP contribution in [0.2, 0.25) is 0 Å². The van der Waals surface area contributed by atoms with Crippen molar-refractivity contribution < 1.29 is 0 Å². The predicted octanol–water partition coefficient (Wildman–Crippen LogP) is 4.28. The van der Waals surface area contributed by atoms with Gasteiger partial charge in [-0.1, -0.05) is 6.07 Å². The van der Waals surface area contributed by atoms with Gasteiger partial charge in [0.05, 0.1) is 11.0 Å². The molecule has 3 heterocycles. The molecular formula is C21H22N4. The van der Waals surface area contributed by atoms with Crippen molar-refractivity contribution in [2.24, 2.45) is 0 Å². The average Bonchev–Trinajstić information content (AvgIpc) is 3.25. The number of imidazole rings is 1. The van der Waals surface area contributed by atoms with Gasteiger partial charge in [-0.2, -0.15) is 0 Å². The van der Waals surface area contributed by atoms with Crippen LogP contribution in [-0.4, -0.2) is 27.6 Å². The van der Waals surface area contributed by atoms with E-state index in [-0.39, 0.29) is 0 Å². The Labute approximate surface area is 146 Å². The fraction of sp³-hybridized carbons (Fsp3) is 0.286. The third-order valence-electron chi connectivity index (χ3n) is 5.46. The Morgan fingerprint density at radius 2 is 1.96 bits per heavy atom. The van der Waals surface area contributed by atoms with Gasteiger partial charge in [0.25, 0.3) is 0 Å². The lowest BCUT2D eigenvalue weighted by molar-refractivity contribution is 0.462. The Hall–Kier alpha value is -2.59. The van der Waals surface area contributed by atoms with E-state index in [2.05, 4.69) is 69.4 Å². The van der Waals surface area contributed by atoms with Crippen molar-refractivity contribution in [3.8, 4) is 5.69 Å². The van der Waals surface area contributed by atoms with Crippen molar-refractivity contribution in [1.82, 2.24) is 19.9 Å². The number of nitrogens with one attached hydrogen (secondary N) is 2. The van der Waals surface area contributed by atoms with Crippen molar-refractivity contribution in [3.05, 3.63) is 60.0 Å². The van der Waals surface area contributed by atoms with E-state index in [9.17, 15) is 0 Å². The molecule has 5 rings (SSSR count). The second-order valence-corrected chi connectivity index (χ2v) is 7.10. The maximum absolute atomic E-state index is 4.58. The molecule has 0 radical (unpaired) electrons. The zero-order chi connectivity index (χ0) is 16.8. The van der Waals surface area contributed by atoms with Crippen LogP contribution >= 0.6 is 0 Å². The van der Waals surface area contributed by atoms with Gasteiger partial charge in [0.2, 0.25) is 0 Å². The second-order valence-electron chi connectivity index (χ2n) is 7.10. The summed E-state index contributed by atoms with van der Waals surface area (Å²) in [6.45, 7) is 4.33. The van der Waals surface area contributed by atoms with Gasteiger partial charge >= 0.3 is 0 Å². The molecule has 1 saturated heterocycles. The van der Waals surface area contributed by atoms with Gasteiger partial charge in [-0.05, 0) is 80.2 Å². The summed E-state index contributed by atoms with van der Waals surface area (Å²) < 4.78 is 2.19. The van der Waals surface area contributed by atoms with Gasteiger partial charge in [-0.15, -0.1) is 0 Å². The molecule has 4 nitrogen and oxygen atoms in total. The molecule has 0 amide bonds. The van der Waals surface area contributed by atoms with Crippen LogP contribution in [0.1, 0.15) is 29.9 Å². The summed E-state index contributed by atoms with van der Waals surface area (Å²) in [5.74, 6) is 0.646. The highest BCUT2D eigenvalue weighted by Crippen LogP contribution is 2.33. The minimum atomic E-state index is 0.646. The number of hydrogen-bond acceptors (Lipinski definition) is 2. The number of aryl methyl sites for hydroxylation is 1. The molecule has 0 aliphatic carbocycles. The number of rotatable bonds is 2. The van der Waals surface area contributed by atoms with Gasteiger partial charge in [-0.25, -0.2) is 4.98 Å². The molecular weight excluding hydrogens is 308 g/mol. The molecule has 0 atom stereocenters. The van der Waals surface area contributed by atoms with Crippen molar-refractivity contribution >= 4 is 21.9 Å². The van der Waals surface area contributed by atoms with Crippen molar-refractivity contribution in [2.75, 3.05) is 13.1 Å². The maximum atomic E-state index is 4.58. The minimum absolute atomic E-state index is 0.646. The number of hydrogen-bond donors (Lipinski definition) is 2. The first-order valence-electron chi connectivity index (χ1n) is 9.05. The van der Waals surface area contributed by atoms with Gasteiger partial charge in [-0.3, -0.25) is 4.57 Å². The van der Waals surface area contributed by atoms with Crippen LogP contribution in [0.15, 0.2) is 48.9 Å². The molecule has 126 valence electrons. The molecule has 4 aromatic rings. The normalized spacial score (nSPS) is 16.0. The van der Waals surface area contributed by atoms with Crippen LogP contribution < -0.4 is 5.32 Å². The van der Waals surface area contributed by atoms with E-state index < -0.39 is 0 Å².